The van der Waals surface area contributed by atoms with Gasteiger partial charge in [0.2, 0.25) is 0 Å². The number of pyridine rings is 2. The van der Waals surface area contributed by atoms with Crippen molar-refractivity contribution < 1.29 is 10.2 Å². The molecule has 0 unspecified atom stereocenters. The van der Waals surface area contributed by atoms with Crippen molar-refractivity contribution >= 4 is 56.2 Å². The number of phenolic OH excluding ortho intramolecular Hbond substituents is 2. The van der Waals surface area contributed by atoms with Gasteiger partial charge in [0.25, 0.3) is 0 Å². The Morgan fingerprint density at radius 2 is 1.21 bits per heavy atom. The largest absolute Gasteiger partial charge is 0.507 e. The molecular weight excluding hydrogens is 512 g/mol. The molecule has 8 nitrogen and oxygen atoms in total. The van der Waals surface area contributed by atoms with Gasteiger partial charge in [-0.05, 0) is 47.9 Å². The molecule has 2 N–H and O–H groups in total. The molecule has 0 atom stereocenters. The Hall–Kier alpha value is -5.21. The molecule has 6 aromatic rings. The molecule has 2 heterocycles. The summed E-state index contributed by atoms with van der Waals surface area (Å²) < 4.78 is 0. The van der Waals surface area contributed by atoms with Gasteiger partial charge in [0.05, 0.1) is 10.7 Å². The molecule has 0 radical (unpaired) electrons. The second-order valence-electron chi connectivity index (χ2n) is 8.23. The summed E-state index contributed by atoms with van der Waals surface area (Å²) in [6.45, 7) is 0. The van der Waals surface area contributed by atoms with E-state index in [1.54, 1.807) is 42.6 Å². The van der Waals surface area contributed by atoms with Gasteiger partial charge in [-0.25, -0.2) is 9.97 Å². The van der Waals surface area contributed by atoms with Crippen molar-refractivity contribution in [3.05, 3.63) is 121 Å². The normalized spacial score (nSPS) is 11.2. The highest BCUT2D eigenvalue weighted by Gasteiger charge is 2.06. The molecule has 4 aromatic carbocycles. The average molecular weight is 533 g/mol. The zero-order valence-corrected chi connectivity index (χ0v) is 21.2. The maximum atomic E-state index is 10.2. The molecular formula is C30H21ClN6O2. The van der Waals surface area contributed by atoms with Crippen LogP contribution in [0.5, 0.6) is 11.5 Å². The molecule has 0 amide bonds. The Bertz CT molecular complexity index is 1790. The third-order valence-corrected chi connectivity index (χ3v) is 5.86. The zero-order valence-electron chi connectivity index (χ0n) is 20.4. The predicted octanol–water partition coefficient (Wildman–Crippen LogP) is 9.36. The number of nitrogens with zero attached hydrogens (tertiary/aromatic N) is 6. The summed E-state index contributed by atoms with van der Waals surface area (Å²) in [6, 6.07) is 30.9. The van der Waals surface area contributed by atoms with Crippen molar-refractivity contribution in [1.29, 1.82) is 0 Å². The highest BCUT2D eigenvalue weighted by Crippen LogP contribution is 2.35. The van der Waals surface area contributed by atoms with Gasteiger partial charge in [0, 0.05) is 28.6 Å². The van der Waals surface area contributed by atoms with Crippen LogP contribution in [0.1, 0.15) is 0 Å². The summed E-state index contributed by atoms with van der Waals surface area (Å²) in [4.78, 5) is 8.09. The van der Waals surface area contributed by atoms with E-state index in [1.165, 1.54) is 6.20 Å². The van der Waals surface area contributed by atoms with Crippen LogP contribution in [0.25, 0.3) is 21.5 Å². The Labute approximate surface area is 228 Å². The lowest BCUT2D eigenvalue weighted by Gasteiger charge is -2.02. The van der Waals surface area contributed by atoms with Crippen LogP contribution in [0.3, 0.4) is 0 Å². The summed E-state index contributed by atoms with van der Waals surface area (Å²) in [5.74, 6) is 1.34. The van der Waals surface area contributed by atoms with E-state index in [-0.39, 0.29) is 11.5 Å². The lowest BCUT2D eigenvalue weighted by Crippen LogP contribution is -1.75. The first-order valence-electron chi connectivity index (χ1n) is 11.9. The van der Waals surface area contributed by atoms with Crippen LogP contribution in [-0.4, -0.2) is 20.2 Å². The first-order chi connectivity index (χ1) is 19.1. The van der Waals surface area contributed by atoms with E-state index in [1.807, 2.05) is 66.7 Å². The maximum absolute atomic E-state index is 10.2. The molecule has 9 heteroatoms. The topological polar surface area (TPSA) is 116 Å². The van der Waals surface area contributed by atoms with Crippen LogP contribution in [-0.2, 0) is 0 Å². The molecule has 190 valence electrons. The third-order valence-electron chi connectivity index (χ3n) is 5.64. The van der Waals surface area contributed by atoms with Crippen molar-refractivity contribution in [3.8, 4) is 11.5 Å². The molecule has 0 fully saturated rings. The maximum Gasteiger partial charge on any atom is 0.174 e. The zero-order chi connectivity index (χ0) is 27.0. The number of halogens is 1. The minimum absolute atomic E-state index is 0.112. The van der Waals surface area contributed by atoms with Crippen LogP contribution in [0.2, 0.25) is 5.02 Å². The summed E-state index contributed by atoms with van der Waals surface area (Å²) in [6.07, 6.45) is 3.17. The van der Waals surface area contributed by atoms with Gasteiger partial charge >= 0.3 is 0 Å². The monoisotopic (exact) mass is 532 g/mol. The summed E-state index contributed by atoms with van der Waals surface area (Å²) in [5, 5.41) is 40.1. The van der Waals surface area contributed by atoms with Crippen molar-refractivity contribution in [2.75, 3.05) is 0 Å². The number of hydrogen-bond donors (Lipinski definition) is 2. The van der Waals surface area contributed by atoms with Gasteiger partial charge in [0.1, 0.15) is 11.4 Å². The van der Waals surface area contributed by atoms with Gasteiger partial charge in [-0.15, -0.1) is 20.5 Å². The molecule has 0 spiro atoms. The summed E-state index contributed by atoms with van der Waals surface area (Å²) >= 11 is 5.74. The van der Waals surface area contributed by atoms with Crippen LogP contribution >= 0.6 is 11.6 Å². The van der Waals surface area contributed by atoms with E-state index < -0.39 is 0 Å². The van der Waals surface area contributed by atoms with Crippen LogP contribution in [0.4, 0.5) is 23.0 Å². The van der Waals surface area contributed by atoms with Gasteiger partial charge in [-0.3, -0.25) is 0 Å². The molecule has 0 bridgehead atoms. The third kappa shape index (κ3) is 6.20. The number of hydrogen-bond acceptors (Lipinski definition) is 8. The molecule has 0 aliphatic heterocycles. The van der Waals surface area contributed by atoms with Crippen molar-refractivity contribution in [2.24, 2.45) is 20.5 Å². The number of aromatic nitrogens is 2. The lowest BCUT2D eigenvalue weighted by atomic mass is 10.1. The van der Waals surface area contributed by atoms with E-state index >= 15 is 0 Å². The summed E-state index contributed by atoms with van der Waals surface area (Å²) in [5.41, 5.74) is 1.11. The van der Waals surface area contributed by atoms with Crippen LogP contribution < -0.4 is 0 Å². The van der Waals surface area contributed by atoms with E-state index in [4.69, 9.17) is 11.6 Å². The molecule has 2 aromatic heterocycles. The number of benzene rings is 4. The van der Waals surface area contributed by atoms with Gasteiger partial charge in [-0.2, -0.15) is 0 Å². The molecule has 0 saturated carbocycles. The quantitative estimate of drug-likeness (QED) is 0.220. The second kappa shape index (κ2) is 11.9. The first-order valence-corrected chi connectivity index (χ1v) is 12.2. The Kier molecular flexibility index (Phi) is 7.76. The highest BCUT2D eigenvalue weighted by atomic mass is 35.5. The molecule has 0 aliphatic carbocycles. The minimum Gasteiger partial charge on any atom is -0.507 e. The fraction of sp³-hybridized carbons (Fsp3) is 0. The fourth-order valence-corrected chi connectivity index (χ4v) is 3.84. The number of aromatic hydroxyl groups is 2. The standard InChI is InChI=1S/C15H10ClN3O.C15H11N3O/c16-11-6-8-14(17-9-11)19-18-13-7-5-10-3-1-2-4-12(10)15(13)20;19-14-9-8-13(11-5-1-2-6-12(11)14)17-18-15-7-3-4-10-16-15/h1-9,20H;1-10,19H. The van der Waals surface area contributed by atoms with Crippen molar-refractivity contribution in [3.63, 3.8) is 0 Å². The lowest BCUT2D eigenvalue weighted by molar-refractivity contribution is 0.481. The number of phenols is 2. The fourth-order valence-electron chi connectivity index (χ4n) is 3.73. The molecule has 39 heavy (non-hydrogen) atoms. The van der Waals surface area contributed by atoms with Crippen molar-refractivity contribution in [2.45, 2.75) is 0 Å². The summed E-state index contributed by atoms with van der Waals surface area (Å²) in [7, 11) is 0. The second-order valence-corrected chi connectivity index (χ2v) is 8.66. The van der Waals surface area contributed by atoms with Crippen LogP contribution in [0, 0.1) is 0 Å². The Balaban J connectivity index is 0.000000158. The first kappa shape index (κ1) is 25.4. The number of rotatable bonds is 4. The smallest absolute Gasteiger partial charge is 0.174 e. The van der Waals surface area contributed by atoms with E-state index in [0.717, 1.165) is 21.5 Å². The Morgan fingerprint density at radius 3 is 1.95 bits per heavy atom. The molecule has 0 saturated heterocycles. The Morgan fingerprint density at radius 1 is 0.538 bits per heavy atom. The highest BCUT2D eigenvalue weighted by molar-refractivity contribution is 6.30. The molecule has 0 aliphatic rings. The van der Waals surface area contributed by atoms with Gasteiger partial charge in [0.15, 0.2) is 17.4 Å². The average Bonchev–Trinajstić information content (AvgIpc) is 2.98. The SMILES string of the molecule is Oc1c(N=Nc2ccc(Cl)cn2)ccc2ccccc12.Oc1ccc(N=Nc2ccccn2)c2ccccc12. The molecule has 6 rings (SSSR count). The van der Waals surface area contributed by atoms with E-state index in [9.17, 15) is 10.2 Å². The van der Waals surface area contributed by atoms with Gasteiger partial charge < -0.3 is 10.2 Å². The minimum atomic E-state index is 0.112. The number of azo groups is 2. The van der Waals surface area contributed by atoms with E-state index in [2.05, 4.69) is 30.4 Å². The predicted molar refractivity (Wildman–Crippen MR) is 153 cm³/mol. The number of fused-ring (bicyclic) bond motifs is 2. The van der Waals surface area contributed by atoms with E-state index in [0.29, 0.717) is 28.0 Å². The van der Waals surface area contributed by atoms with Gasteiger partial charge in [-0.1, -0.05) is 72.3 Å². The van der Waals surface area contributed by atoms with Crippen LogP contribution in [0.15, 0.2) is 136 Å². The van der Waals surface area contributed by atoms with Crippen molar-refractivity contribution in [1.82, 2.24) is 9.97 Å².